The summed E-state index contributed by atoms with van der Waals surface area (Å²) in [5.74, 6) is -0.837. The largest absolute Gasteiger partial charge is 0.478 e. The average Bonchev–Trinajstić information content (AvgIpc) is 2.90. The van der Waals surface area contributed by atoms with Crippen molar-refractivity contribution in [2.75, 3.05) is 13.6 Å². The van der Waals surface area contributed by atoms with Crippen LogP contribution >= 0.6 is 0 Å². The Bertz CT molecular complexity index is 660. The first-order chi connectivity index (χ1) is 10.0. The Morgan fingerprint density at radius 1 is 1.24 bits per heavy atom. The van der Waals surface area contributed by atoms with E-state index in [4.69, 9.17) is 9.52 Å². The number of hydrogen-bond donors (Lipinski definition) is 1. The fourth-order valence-electron chi connectivity index (χ4n) is 2.10. The van der Waals surface area contributed by atoms with Crippen LogP contribution in [0, 0.1) is 6.92 Å². The molecule has 0 fully saturated rings. The van der Waals surface area contributed by atoms with Crippen molar-refractivity contribution in [1.82, 2.24) is 4.90 Å². The molecule has 0 aliphatic rings. The van der Waals surface area contributed by atoms with Crippen LogP contribution in [0.4, 0.5) is 0 Å². The van der Waals surface area contributed by atoms with Gasteiger partial charge in [0.2, 0.25) is 0 Å². The highest BCUT2D eigenvalue weighted by Gasteiger charge is 2.18. The van der Waals surface area contributed by atoms with Gasteiger partial charge in [-0.15, -0.1) is 0 Å². The van der Waals surface area contributed by atoms with Gasteiger partial charge in [0.15, 0.2) is 5.76 Å². The summed E-state index contributed by atoms with van der Waals surface area (Å²) >= 11 is 0. The maximum atomic E-state index is 12.2. The molecule has 5 heteroatoms. The quantitative estimate of drug-likeness (QED) is 0.917. The van der Waals surface area contributed by atoms with Gasteiger partial charge in [-0.05, 0) is 31.0 Å². The zero-order valence-corrected chi connectivity index (χ0v) is 12.0. The summed E-state index contributed by atoms with van der Waals surface area (Å²) < 4.78 is 5.18. The molecule has 0 atom stereocenters. The molecule has 0 bridgehead atoms. The van der Waals surface area contributed by atoms with Crippen molar-refractivity contribution in [2.45, 2.75) is 13.3 Å². The molecule has 0 aliphatic heterocycles. The van der Waals surface area contributed by atoms with Crippen LogP contribution in [0.2, 0.25) is 0 Å². The molecule has 0 spiro atoms. The fraction of sp³-hybridized carbons (Fsp3) is 0.250. The van der Waals surface area contributed by atoms with Gasteiger partial charge in [-0.3, -0.25) is 4.79 Å². The van der Waals surface area contributed by atoms with Crippen LogP contribution in [-0.4, -0.2) is 35.5 Å². The van der Waals surface area contributed by atoms with E-state index in [2.05, 4.69) is 0 Å². The van der Waals surface area contributed by atoms with Crippen LogP contribution in [0.25, 0.3) is 0 Å². The number of hydrogen-bond acceptors (Lipinski definition) is 3. The van der Waals surface area contributed by atoms with Crippen molar-refractivity contribution in [3.63, 3.8) is 0 Å². The maximum Gasteiger partial charge on any atom is 0.335 e. The van der Waals surface area contributed by atoms with E-state index in [1.807, 2.05) is 6.92 Å². The molecule has 5 nitrogen and oxygen atoms in total. The maximum absolute atomic E-state index is 12.2. The van der Waals surface area contributed by atoms with Crippen molar-refractivity contribution in [1.29, 1.82) is 0 Å². The summed E-state index contributed by atoms with van der Waals surface area (Å²) in [5.41, 5.74) is 1.77. The van der Waals surface area contributed by atoms with E-state index in [1.165, 1.54) is 11.2 Å². The SMILES string of the molecule is Cc1ccoc1C(=O)N(C)CCc1ccccc1C(=O)O. The summed E-state index contributed by atoms with van der Waals surface area (Å²) in [6.07, 6.45) is 1.96. The van der Waals surface area contributed by atoms with E-state index >= 15 is 0 Å². The van der Waals surface area contributed by atoms with Crippen LogP contribution < -0.4 is 0 Å². The molecule has 1 aromatic carbocycles. The summed E-state index contributed by atoms with van der Waals surface area (Å²) in [7, 11) is 1.67. The molecule has 110 valence electrons. The molecule has 1 N–H and O–H groups in total. The lowest BCUT2D eigenvalue weighted by atomic mass is 10.0. The summed E-state index contributed by atoms with van der Waals surface area (Å²) in [5, 5.41) is 9.13. The predicted molar refractivity (Wildman–Crippen MR) is 77.5 cm³/mol. The second-order valence-corrected chi connectivity index (χ2v) is 4.87. The van der Waals surface area contributed by atoms with E-state index < -0.39 is 5.97 Å². The smallest absolute Gasteiger partial charge is 0.335 e. The summed E-state index contributed by atoms with van der Waals surface area (Å²) in [6, 6.07) is 8.55. The number of aromatic carboxylic acids is 1. The van der Waals surface area contributed by atoms with Crippen LogP contribution in [0.15, 0.2) is 41.0 Å². The monoisotopic (exact) mass is 287 g/mol. The Morgan fingerprint density at radius 3 is 2.57 bits per heavy atom. The standard InChI is InChI=1S/C16H17NO4/c1-11-8-10-21-14(11)15(18)17(2)9-7-12-5-3-4-6-13(12)16(19)20/h3-6,8,10H,7,9H2,1-2H3,(H,19,20). The Balaban J connectivity index is 2.05. The van der Waals surface area contributed by atoms with Gasteiger partial charge >= 0.3 is 5.97 Å². The Labute approximate surface area is 122 Å². The molecule has 1 aromatic heterocycles. The number of furan rings is 1. The molecular formula is C16H17NO4. The van der Waals surface area contributed by atoms with Gasteiger partial charge in [-0.2, -0.15) is 0 Å². The van der Waals surface area contributed by atoms with Crippen molar-refractivity contribution >= 4 is 11.9 Å². The molecule has 1 amide bonds. The number of amides is 1. The van der Waals surface area contributed by atoms with Gasteiger partial charge in [-0.1, -0.05) is 18.2 Å². The van der Waals surface area contributed by atoms with E-state index in [0.717, 1.165) is 5.56 Å². The van der Waals surface area contributed by atoms with Gasteiger partial charge in [0, 0.05) is 19.2 Å². The second kappa shape index (κ2) is 6.26. The molecule has 2 rings (SSSR count). The van der Waals surface area contributed by atoms with Crippen molar-refractivity contribution in [3.05, 3.63) is 59.0 Å². The number of rotatable bonds is 5. The Kier molecular flexibility index (Phi) is 4.42. The normalized spacial score (nSPS) is 10.4. The van der Waals surface area contributed by atoms with E-state index in [-0.39, 0.29) is 11.5 Å². The lowest BCUT2D eigenvalue weighted by Gasteiger charge is -2.16. The first-order valence-corrected chi connectivity index (χ1v) is 6.61. The number of likely N-dealkylation sites (N-methyl/N-ethyl adjacent to an activating group) is 1. The average molecular weight is 287 g/mol. The molecular weight excluding hydrogens is 270 g/mol. The zero-order valence-electron chi connectivity index (χ0n) is 12.0. The molecule has 1 heterocycles. The first-order valence-electron chi connectivity index (χ1n) is 6.61. The van der Waals surface area contributed by atoms with Gasteiger partial charge in [0.05, 0.1) is 11.8 Å². The number of nitrogens with zero attached hydrogens (tertiary/aromatic N) is 1. The third-order valence-electron chi connectivity index (χ3n) is 3.37. The highest BCUT2D eigenvalue weighted by molar-refractivity contribution is 5.92. The lowest BCUT2D eigenvalue weighted by Crippen LogP contribution is -2.29. The third-order valence-corrected chi connectivity index (χ3v) is 3.37. The highest BCUT2D eigenvalue weighted by atomic mass is 16.4. The van der Waals surface area contributed by atoms with Gasteiger partial charge in [0.25, 0.3) is 5.91 Å². The molecule has 0 aliphatic carbocycles. The minimum Gasteiger partial charge on any atom is -0.478 e. The second-order valence-electron chi connectivity index (χ2n) is 4.87. The topological polar surface area (TPSA) is 70.8 Å². The minimum absolute atomic E-state index is 0.203. The molecule has 0 unspecified atom stereocenters. The van der Waals surface area contributed by atoms with Crippen LogP contribution in [-0.2, 0) is 6.42 Å². The van der Waals surface area contributed by atoms with Crippen molar-refractivity contribution in [3.8, 4) is 0 Å². The highest BCUT2D eigenvalue weighted by Crippen LogP contribution is 2.13. The Morgan fingerprint density at radius 2 is 1.95 bits per heavy atom. The molecule has 21 heavy (non-hydrogen) atoms. The van der Waals surface area contributed by atoms with Crippen LogP contribution in [0.1, 0.15) is 32.0 Å². The number of benzene rings is 1. The predicted octanol–water partition coefficient (Wildman–Crippen LogP) is 2.60. The summed E-state index contributed by atoms with van der Waals surface area (Å²) in [6.45, 7) is 2.23. The number of carboxylic acid groups (broad SMARTS) is 1. The fourth-order valence-corrected chi connectivity index (χ4v) is 2.10. The van der Waals surface area contributed by atoms with E-state index in [9.17, 15) is 9.59 Å². The molecule has 0 radical (unpaired) electrons. The Hall–Kier alpha value is -2.56. The first kappa shape index (κ1) is 14.8. The van der Waals surface area contributed by atoms with E-state index in [0.29, 0.717) is 24.3 Å². The van der Waals surface area contributed by atoms with Crippen LogP contribution in [0.5, 0.6) is 0 Å². The third kappa shape index (κ3) is 3.31. The number of carbonyl (C=O) groups is 2. The van der Waals surface area contributed by atoms with Crippen molar-refractivity contribution in [2.24, 2.45) is 0 Å². The number of carboxylic acids is 1. The van der Waals surface area contributed by atoms with Gasteiger partial charge < -0.3 is 14.4 Å². The number of carbonyl (C=O) groups excluding carboxylic acids is 1. The molecule has 0 saturated heterocycles. The summed E-state index contributed by atoms with van der Waals surface area (Å²) in [4.78, 5) is 24.9. The van der Waals surface area contributed by atoms with E-state index in [1.54, 1.807) is 37.4 Å². The zero-order chi connectivity index (χ0) is 15.4. The minimum atomic E-state index is -0.957. The molecule has 2 aromatic rings. The van der Waals surface area contributed by atoms with Crippen LogP contribution in [0.3, 0.4) is 0 Å². The van der Waals surface area contributed by atoms with Gasteiger partial charge in [0.1, 0.15) is 0 Å². The van der Waals surface area contributed by atoms with Crippen molar-refractivity contribution < 1.29 is 19.1 Å². The molecule has 0 saturated carbocycles. The number of aryl methyl sites for hydroxylation is 1. The lowest BCUT2D eigenvalue weighted by molar-refractivity contribution is 0.0695. The van der Waals surface area contributed by atoms with Gasteiger partial charge in [-0.25, -0.2) is 4.79 Å².